The fourth-order valence-electron chi connectivity index (χ4n) is 2.51. The van der Waals surface area contributed by atoms with Crippen molar-refractivity contribution in [2.45, 2.75) is 39.5 Å². The van der Waals surface area contributed by atoms with Crippen molar-refractivity contribution >= 4 is 11.1 Å². The second-order valence-electron chi connectivity index (χ2n) is 5.36. The molecule has 0 unspecified atom stereocenters. The Hall–Kier alpha value is -1.81. The summed E-state index contributed by atoms with van der Waals surface area (Å²) in [5.74, 6) is 3.55. The monoisotopic (exact) mass is 251 g/mol. The first kappa shape index (κ1) is 13.6. The quantitative estimate of drug-likeness (QED) is 0.711. The molecule has 19 heavy (non-hydrogen) atoms. The van der Waals surface area contributed by atoms with E-state index in [0.717, 1.165) is 40.3 Å². The van der Waals surface area contributed by atoms with E-state index in [2.05, 4.69) is 23.5 Å². The molecule has 0 aliphatic heterocycles. The van der Waals surface area contributed by atoms with Crippen LogP contribution in [0.15, 0.2) is 24.9 Å². The third-order valence-corrected chi connectivity index (χ3v) is 3.85. The highest BCUT2D eigenvalue weighted by molar-refractivity contribution is 5.84. The third kappa shape index (κ3) is 2.96. The zero-order valence-electron chi connectivity index (χ0n) is 11.9. The molecule has 98 valence electrons. The molecule has 0 aromatic carbocycles. The summed E-state index contributed by atoms with van der Waals surface area (Å²) in [4.78, 5) is 4.57. The van der Waals surface area contributed by atoms with E-state index in [1.54, 1.807) is 0 Å². The van der Waals surface area contributed by atoms with E-state index in [4.69, 9.17) is 6.42 Å². The molecule has 0 radical (unpaired) electrons. The number of aryl methyl sites for hydroxylation is 1. The largest absolute Gasteiger partial charge is 0.256 e. The van der Waals surface area contributed by atoms with Crippen LogP contribution < -0.4 is 0 Å². The molecule has 1 aromatic heterocycles. The summed E-state index contributed by atoms with van der Waals surface area (Å²) in [5, 5.41) is 0. The highest BCUT2D eigenvalue weighted by atomic mass is 14.7. The maximum atomic E-state index is 5.60. The van der Waals surface area contributed by atoms with Crippen LogP contribution in [0.3, 0.4) is 0 Å². The summed E-state index contributed by atoms with van der Waals surface area (Å²) in [6.07, 6.45) is 14.5. The highest BCUT2D eigenvalue weighted by Gasteiger charge is 2.20. The van der Waals surface area contributed by atoms with E-state index in [-0.39, 0.29) is 0 Å². The average molecular weight is 251 g/mol. The van der Waals surface area contributed by atoms with Gasteiger partial charge in [-0.3, -0.25) is 4.98 Å². The van der Waals surface area contributed by atoms with E-state index in [0.29, 0.717) is 0 Å². The molecule has 2 rings (SSSR count). The van der Waals surface area contributed by atoms with Gasteiger partial charge in [-0.2, -0.15) is 0 Å². The Balaban J connectivity index is 2.33. The Bertz CT molecular complexity index is 554. The summed E-state index contributed by atoms with van der Waals surface area (Å²) >= 11 is 0. The van der Waals surface area contributed by atoms with E-state index in [1.807, 2.05) is 26.1 Å². The fraction of sp³-hybridized carbons (Fsp3) is 0.389. The van der Waals surface area contributed by atoms with Crippen LogP contribution >= 0.6 is 0 Å². The van der Waals surface area contributed by atoms with Gasteiger partial charge in [0.25, 0.3) is 0 Å². The van der Waals surface area contributed by atoms with Crippen LogP contribution in [0.1, 0.15) is 49.4 Å². The van der Waals surface area contributed by atoms with Crippen LogP contribution in [0, 0.1) is 25.2 Å². The predicted octanol–water partition coefficient (Wildman–Crippen LogP) is 4.63. The molecule has 1 fully saturated rings. The second kappa shape index (κ2) is 5.89. The summed E-state index contributed by atoms with van der Waals surface area (Å²) in [6, 6.07) is 2.11. The van der Waals surface area contributed by atoms with Gasteiger partial charge in [-0.05, 0) is 43.4 Å². The molecule has 1 aliphatic carbocycles. The molecule has 1 heteroatoms. The maximum Gasteiger partial charge on any atom is 0.0740 e. The lowest BCUT2D eigenvalue weighted by Crippen LogP contribution is -2.12. The molecule has 0 spiro atoms. The van der Waals surface area contributed by atoms with E-state index >= 15 is 0 Å². The van der Waals surface area contributed by atoms with Crippen molar-refractivity contribution in [3.63, 3.8) is 0 Å². The number of hydrogen-bond acceptors (Lipinski definition) is 1. The van der Waals surface area contributed by atoms with E-state index in [9.17, 15) is 0 Å². The van der Waals surface area contributed by atoms with Crippen molar-refractivity contribution in [2.24, 2.45) is 5.92 Å². The highest BCUT2D eigenvalue weighted by Crippen LogP contribution is 2.35. The molecule has 0 amide bonds. The third-order valence-electron chi connectivity index (χ3n) is 3.85. The molecule has 0 atom stereocenters. The van der Waals surface area contributed by atoms with Gasteiger partial charge in [-0.1, -0.05) is 37.8 Å². The number of pyridine rings is 1. The number of aromatic nitrogens is 1. The van der Waals surface area contributed by atoms with E-state index < -0.39 is 0 Å². The van der Waals surface area contributed by atoms with Gasteiger partial charge >= 0.3 is 0 Å². The van der Waals surface area contributed by atoms with Gasteiger partial charge < -0.3 is 0 Å². The first-order valence-corrected chi connectivity index (χ1v) is 6.93. The topological polar surface area (TPSA) is 12.9 Å². The second-order valence-corrected chi connectivity index (χ2v) is 5.36. The Morgan fingerprint density at radius 3 is 2.84 bits per heavy atom. The molecule has 0 bridgehead atoms. The Kier molecular flexibility index (Phi) is 4.22. The molecular formula is C18H21N. The first-order valence-electron chi connectivity index (χ1n) is 6.93. The lowest BCUT2D eigenvalue weighted by atomic mass is 9.80. The molecular weight excluding hydrogens is 230 g/mol. The molecule has 0 N–H and O–H groups in total. The summed E-state index contributed by atoms with van der Waals surface area (Å²) in [5.41, 5.74) is 5.18. The van der Waals surface area contributed by atoms with Crippen molar-refractivity contribution in [2.75, 3.05) is 0 Å². The summed E-state index contributed by atoms with van der Waals surface area (Å²) < 4.78 is 0. The number of nitrogens with zero attached hydrogens (tertiary/aromatic N) is 1. The van der Waals surface area contributed by atoms with Crippen LogP contribution in [0.2, 0.25) is 0 Å². The van der Waals surface area contributed by atoms with Crippen molar-refractivity contribution in [1.29, 1.82) is 0 Å². The molecule has 1 heterocycles. The van der Waals surface area contributed by atoms with Crippen molar-refractivity contribution in [3.8, 4) is 12.3 Å². The number of terminal acetylenes is 1. The lowest BCUT2D eigenvalue weighted by molar-refractivity contribution is 0.323. The predicted molar refractivity (Wildman–Crippen MR) is 82.5 cm³/mol. The molecule has 1 aromatic rings. The molecule has 1 nitrogen and oxygen atoms in total. The Morgan fingerprint density at radius 1 is 1.58 bits per heavy atom. The Labute approximate surface area is 116 Å². The summed E-state index contributed by atoms with van der Waals surface area (Å²) in [6.45, 7) is 8.24. The van der Waals surface area contributed by atoms with Gasteiger partial charge in [0.2, 0.25) is 0 Å². The van der Waals surface area contributed by atoms with Crippen LogP contribution in [0.5, 0.6) is 0 Å². The van der Waals surface area contributed by atoms with Crippen LogP contribution in [0.4, 0.5) is 0 Å². The standard InChI is InChI=1S/C18H21N/c1-5-16(6-2)17-10-13(3)12-19-18(17)14(4)11-15-8-7-9-15/h1,6,10,12,15H,4,7-9,11H2,2-3H3/b16-6-. The van der Waals surface area contributed by atoms with Gasteiger partial charge in [-0.15, -0.1) is 6.42 Å². The van der Waals surface area contributed by atoms with Crippen LogP contribution in [0.25, 0.3) is 11.1 Å². The SMILES string of the molecule is C#C/C(=C/C)c1cc(C)cnc1C(=C)CC1CCC1. The minimum atomic E-state index is 0.795. The molecule has 1 saturated carbocycles. The minimum absolute atomic E-state index is 0.795. The summed E-state index contributed by atoms with van der Waals surface area (Å²) in [7, 11) is 0. The Morgan fingerprint density at radius 2 is 2.32 bits per heavy atom. The normalized spacial score (nSPS) is 15.7. The lowest BCUT2D eigenvalue weighted by Gasteiger charge is -2.26. The van der Waals surface area contributed by atoms with E-state index in [1.165, 1.54) is 19.3 Å². The maximum absolute atomic E-state index is 5.60. The molecule has 1 aliphatic rings. The number of allylic oxidation sites excluding steroid dienone is 3. The van der Waals surface area contributed by atoms with Gasteiger partial charge in [0, 0.05) is 17.3 Å². The zero-order valence-corrected chi connectivity index (χ0v) is 11.9. The first-order chi connectivity index (χ1) is 9.15. The van der Waals surface area contributed by atoms with Gasteiger partial charge in [0.05, 0.1) is 5.69 Å². The van der Waals surface area contributed by atoms with Crippen LogP contribution in [-0.4, -0.2) is 4.98 Å². The van der Waals surface area contributed by atoms with Crippen LogP contribution in [-0.2, 0) is 0 Å². The smallest absolute Gasteiger partial charge is 0.0740 e. The van der Waals surface area contributed by atoms with Crippen molar-refractivity contribution < 1.29 is 0 Å². The number of rotatable bonds is 4. The zero-order chi connectivity index (χ0) is 13.8. The van der Waals surface area contributed by atoms with Gasteiger partial charge in [0.15, 0.2) is 0 Å². The van der Waals surface area contributed by atoms with Gasteiger partial charge in [-0.25, -0.2) is 0 Å². The minimum Gasteiger partial charge on any atom is -0.256 e. The van der Waals surface area contributed by atoms with Gasteiger partial charge in [0.1, 0.15) is 0 Å². The molecule has 0 saturated heterocycles. The number of hydrogen-bond donors (Lipinski definition) is 0. The van der Waals surface area contributed by atoms with Crippen molar-refractivity contribution in [1.82, 2.24) is 4.98 Å². The van der Waals surface area contributed by atoms with Crippen molar-refractivity contribution in [3.05, 3.63) is 41.7 Å². The fourth-order valence-corrected chi connectivity index (χ4v) is 2.51. The average Bonchev–Trinajstić information content (AvgIpc) is 2.35.